The molecule has 6 aromatic carbocycles. The molecule has 0 aliphatic heterocycles. The van der Waals surface area contributed by atoms with Gasteiger partial charge in [-0.1, -0.05) is 0 Å². The molecule has 474 valence electrons. The first-order valence-electron chi connectivity index (χ1n) is 34.7. The van der Waals surface area contributed by atoms with E-state index in [4.69, 9.17) is 0 Å². The first-order valence-corrected chi connectivity index (χ1v) is 41.5. The van der Waals surface area contributed by atoms with Crippen molar-refractivity contribution in [2.75, 3.05) is 0 Å². The van der Waals surface area contributed by atoms with E-state index in [1.807, 2.05) is 0 Å². The molecule has 0 spiro atoms. The Labute approximate surface area is 549 Å². The monoisotopic (exact) mass is 1270 g/mol. The Morgan fingerprint density at radius 1 is 0.172 bits per heavy atom. The van der Waals surface area contributed by atoms with Crippen molar-refractivity contribution < 1.29 is 0 Å². The van der Waals surface area contributed by atoms with E-state index in [9.17, 15) is 0 Å². The maximum atomic E-state index is 2.73. The third kappa shape index (κ3) is 15.4. The van der Waals surface area contributed by atoms with Gasteiger partial charge in [-0.15, -0.1) is 0 Å². The van der Waals surface area contributed by atoms with Crippen molar-refractivity contribution in [1.82, 2.24) is 0 Å². The van der Waals surface area contributed by atoms with Crippen molar-refractivity contribution in [3.63, 3.8) is 0 Å². The summed E-state index contributed by atoms with van der Waals surface area (Å²) >= 11 is -0.955. The van der Waals surface area contributed by atoms with Gasteiger partial charge in [-0.3, -0.25) is 0 Å². The van der Waals surface area contributed by atoms with E-state index >= 15 is 0 Å². The molecule has 0 saturated carbocycles. The van der Waals surface area contributed by atoms with Crippen molar-refractivity contribution in [1.29, 1.82) is 0 Å². The molecule has 0 aliphatic carbocycles. The van der Waals surface area contributed by atoms with E-state index in [2.05, 4.69) is 302 Å². The van der Waals surface area contributed by atoms with Crippen molar-refractivity contribution in [3.05, 3.63) is 150 Å². The molecule has 0 saturated heterocycles. The zero-order valence-corrected chi connectivity index (χ0v) is 65.1. The van der Waals surface area contributed by atoms with Crippen molar-refractivity contribution in [2.24, 2.45) is 0 Å². The first kappa shape index (κ1) is 72.6. The molecule has 0 fully saturated rings. The summed E-state index contributed by atoms with van der Waals surface area (Å²) in [6, 6.07) is 26.5. The molecule has 0 aliphatic rings. The molecule has 6 aromatic rings. The quantitative estimate of drug-likeness (QED) is 0.0554. The molecule has 3 heteroatoms. The van der Waals surface area contributed by atoms with Crippen LogP contribution in [-0.4, -0.2) is 13.1 Å². The van der Waals surface area contributed by atoms with Crippen LogP contribution in [0.2, 0.25) is 0 Å². The zero-order valence-electron chi connectivity index (χ0n) is 61.3. The third-order valence-corrected chi connectivity index (χ3v) is 26.6. The predicted molar refractivity (Wildman–Crippen MR) is 398 cm³/mol. The van der Waals surface area contributed by atoms with Gasteiger partial charge in [0.2, 0.25) is 0 Å². The SMILES string of the molecule is CC(C)c1cc(C(C)C)c(-c2c(C(C)C)cc(C(C)C)c(-c3c(C(C)C)cc(C(C)C)cc3C(C)C)c2[S][Ge][S]c2c(-c3c(C(C)C)cc(C(C)C)cc3C(C)C)c(C(C)C)cc(C(C)C)c2-c2c(C(C)C)cc(C(C)C)cc2C(C)C)c(C(C)C)c1. The standard InChI is InChI=1S/C84H122GeS2/c1-43(2)59-33-63(47(9)10)75(64(34-59)48(11)12)79-71(55(25)26)41-72(56(27)28)80(76-65(49(13)14)35-60(44(3)4)36-66(76)50(15)16)83(79)86-85-87-84-81(77-67(51(17)18)37-61(45(5)6)38-68(77)52(19)20)73(57(29)30)42-74(58(31)32)82(84)78-69(53(21)22)39-62(46(7)8)40-70(78)54(23)24/h33-58H,1-32H3. The molecule has 0 amide bonds. The summed E-state index contributed by atoms with van der Waals surface area (Å²) in [5.74, 6) is 5.70. The van der Waals surface area contributed by atoms with Gasteiger partial charge in [-0.25, -0.2) is 0 Å². The number of hydrogen-bond donors (Lipinski definition) is 0. The second kappa shape index (κ2) is 29.9. The number of hydrogen-bond acceptors (Lipinski definition) is 2. The molecule has 0 heterocycles. The van der Waals surface area contributed by atoms with Crippen LogP contribution in [0, 0.1) is 0 Å². The average molecular weight is 1270 g/mol. The minimum absolute atomic E-state index is 0.311. The van der Waals surface area contributed by atoms with Crippen LogP contribution < -0.4 is 0 Å². The fraction of sp³-hybridized carbons (Fsp3) is 0.571. The van der Waals surface area contributed by atoms with Crippen LogP contribution in [0.25, 0.3) is 44.5 Å². The Kier molecular flexibility index (Phi) is 24.9. The number of rotatable bonds is 24. The Hall–Kier alpha value is -3.44. The van der Waals surface area contributed by atoms with E-state index in [1.165, 1.54) is 143 Å². The summed E-state index contributed by atoms with van der Waals surface area (Å²) in [4.78, 5) is 3.07. The Bertz CT molecular complexity index is 2810. The minimum atomic E-state index is -0.955. The van der Waals surface area contributed by atoms with Gasteiger partial charge in [-0.05, 0) is 0 Å². The molecule has 6 rings (SSSR count). The van der Waals surface area contributed by atoms with Gasteiger partial charge < -0.3 is 0 Å². The van der Waals surface area contributed by atoms with E-state index in [1.54, 1.807) is 0 Å². The third-order valence-electron chi connectivity index (χ3n) is 19.0. The molecule has 2 radical (unpaired) electrons. The molecule has 0 atom stereocenters. The Morgan fingerprint density at radius 3 is 0.414 bits per heavy atom. The van der Waals surface area contributed by atoms with Crippen molar-refractivity contribution in [2.45, 2.75) is 326 Å². The van der Waals surface area contributed by atoms with Gasteiger partial charge in [0.05, 0.1) is 0 Å². The zero-order chi connectivity index (χ0) is 65.4. The maximum absolute atomic E-state index is 2.73. The van der Waals surface area contributed by atoms with Crippen molar-refractivity contribution >= 4 is 33.3 Å². The summed E-state index contributed by atoms with van der Waals surface area (Å²) in [6.45, 7) is 78.5. The molecule has 87 heavy (non-hydrogen) atoms. The summed E-state index contributed by atoms with van der Waals surface area (Å²) in [6.07, 6.45) is 0. The predicted octanol–water partition coefficient (Wildman–Crippen LogP) is 28.7. The number of benzene rings is 6. The summed E-state index contributed by atoms with van der Waals surface area (Å²) in [7, 11) is 4.61. The van der Waals surface area contributed by atoms with Crippen LogP contribution in [0.4, 0.5) is 0 Å². The summed E-state index contributed by atoms with van der Waals surface area (Å²) in [5.41, 5.74) is 36.0. The van der Waals surface area contributed by atoms with Crippen LogP contribution in [0.3, 0.4) is 0 Å². The Morgan fingerprint density at radius 2 is 0.299 bits per heavy atom. The topological polar surface area (TPSA) is 0 Å². The molecule has 0 N–H and O–H groups in total. The van der Waals surface area contributed by atoms with E-state index in [-0.39, 0.29) is 0 Å². The van der Waals surface area contributed by atoms with E-state index in [0.29, 0.717) is 94.7 Å². The van der Waals surface area contributed by atoms with Crippen LogP contribution in [0.5, 0.6) is 0 Å². The van der Waals surface area contributed by atoms with E-state index < -0.39 is 13.1 Å². The first-order chi connectivity index (χ1) is 40.5. The van der Waals surface area contributed by atoms with Crippen molar-refractivity contribution in [3.8, 4) is 44.5 Å². The molecular weight excluding hydrogens is 1150 g/mol. The fourth-order valence-electron chi connectivity index (χ4n) is 13.5. The van der Waals surface area contributed by atoms with Gasteiger partial charge >= 0.3 is 554 Å². The molecule has 0 nitrogen and oxygen atoms in total. The normalized spacial score (nSPS) is 12.8. The molecule has 0 bridgehead atoms. The van der Waals surface area contributed by atoms with E-state index in [0.717, 1.165) is 0 Å². The van der Waals surface area contributed by atoms with Crippen LogP contribution in [0.1, 0.15) is 405 Å². The van der Waals surface area contributed by atoms with Crippen LogP contribution in [-0.2, 0) is 0 Å². The van der Waals surface area contributed by atoms with Gasteiger partial charge in [0.1, 0.15) is 0 Å². The van der Waals surface area contributed by atoms with Gasteiger partial charge in [0.25, 0.3) is 0 Å². The second-order valence-corrected chi connectivity index (χ2v) is 38.9. The Balaban J connectivity index is 2.00. The second-order valence-electron chi connectivity index (χ2n) is 31.3. The van der Waals surface area contributed by atoms with Crippen LogP contribution in [0.15, 0.2) is 70.5 Å². The molecular formula is C84H122GeS2. The summed E-state index contributed by atoms with van der Waals surface area (Å²) < 4.78 is 0. The molecule has 0 aromatic heterocycles. The fourth-order valence-corrected chi connectivity index (χ4v) is 22.2. The van der Waals surface area contributed by atoms with Gasteiger partial charge in [0, 0.05) is 0 Å². The summed E-state index contributed by atoms with van der Waals surface area (Å²) in [5, 5.41) is 0. The average Bonchev–Trinajstić information content (AvgIpc) is 0.786. The van der Waals surface area contributed by atoms with Crippen LogP contribution >= 0.6 is 20.2 Å². The van der Waals surface area contributed by atoms with Gasteiger partial charge in [0.15, 0.2) is 0 Å². The van der Waals surface area contributed by atoms with Gasteiger partial charge in [-0.2, -0.15) is 0 Å². The molecule has 0 unspecified atom stereocenters.